The van der Waals surface area contributed by atoms with Crippen molar-refractivity contribution < 1.29 is 4.79 Å². The Labute approximate surface area is 131 Å². The Morgan fingerprint density at radius 2 is 2.10 bits per heavy atom. The maximum Gasteiger partial charge on any atom is 0.224 e. The Morgan fingerprint density at radius 3 is 2.86 bits per heavy atom. The summed E-state index contributed by atoms with van der Waals surface area (Å²) in [7, 11) is 0. The minimum atomic E-state index is -0.0281. The summed E-state index contributed by atoms with van der Waals surface area (Å²) >= 11 is 7.69. The van der Waals surface area contributed by atoms with Crippen LogP contribution in [0.5, 0.6) is 0 Å². The van der Waals surface area contributed by atoms with Gasteiger partial charge in [-0.05, 0) is 30.3 Å². The Kier molecular flexibility index (Phi) is 3.90. The molecule has 0 fully saturated rings. The number of carbonyl (C=O) groups is 1. The SMILES string of the molecule is CCC(=O)Nc1ccc(Cl)cc1-c1nc2ccccc2s1. The number of carbonyl (C=O) groups excluding carboxylic acids is 1. The molecule has 1 N–H and O–H groups in total. The molecule has 0 aliphatic carbocycles. The fourth-order valence-corrected chi connectivity index (χ4v) is 3.20. The van der Waals surface area contributed by atoms with Gasteiger partial charge in [0, 0.05) is 17.0 Å². The highest BCUT2D eigenvalue weighted by Crippen LogP contribution is 2.36. The van der Waals surface area contributed by atoms with Crippen LogP contribution in [0.3, 0.4) is 0 Å². The number of para-hydroxylation sites is 1. The second kappa shape index (κ2) is 5.84. The molecule has 106 valence electrons. The van der Waals surface area contributed by atoms with Gasteiger partial charge >= 0.3 is 0 Å². The van der Waals surface area contributed by atoms with Crippen LogP contribution in [0.2, 0.25) is 5.02 Å². The summed E-state index contributed by atoms with van der Waals surface area (Å²) in [6.07, 6.45) is 0.432. The zero-order valence-corrected chi connectivity index (χ0v) is 13.0. The van der Waals surface area contributed by atoms with Crippen molar-refractivity contribution in [3.8, 4) is 10.6 Å². The molecule has 0 unspecified atom stereocenters. The van der Waals surface area contributed by atoms with E-state index in [-0.39, 0.29) is 5.91 Å². The third-order valence-corrected chi connectivity index (χ3v) is 4.41. The lowest BCUT2D eigenvalue weighted by molar-refractivity contribution is -0.115. The first kappa shape index (κ1) is 14.0. The molecule has 0 aliphatic heterocycles. The number of nitrogens with zero attached hydrogens (tertiary/aromatic N) is 1. The third kappa shape index (κ3) is 2.91. The Bertz CT molecular complexity index is 780. The number of hydrogen-bond acceptors (Lipinski definition) is 3. The highest BCUT2D eigenvalue weighted by atomic mass is 35.5. The van der Waals surface area contributed by atoms with E-state index < -0.39 is 0 Å². The van der Waals surface area contributed by atoms with Crippen LogP contribution >= 0.6 is 22.9 Å². The largest absolute Gasteiger partial charge is 0.325 e. The monoisotopic (exact) mass is 316 g/mol. The molecule has 0 saturated carbocycles. The number of halogens is 1. The van der Waals surface area contributed by atoms with Crippen molar-refractivity contribution in [2.24, 2.45) is 0 Å². The van der Waals surface area contributed by atoms with Crippen LogP contribution in [0.15, 0.2) is 42.5 Å². The molecular formula is C16H13ClN2OS. The van der Waals surface area contributed by atoms with E-state index in [1.807, 2.05) is 43.3 Å². The molecule has 0 atom stereocenters. The molecule has 3 rings (SSSR count). The number of benzene rings is 2. The molecule has 5 heteroatoms. The summed E-state index contributed by atoms with van der Waals surface area (Å²) in [5.41, 5.74) is 2.54. The van der Waals surface area contributed by atoms with Crippen LogP contribution in [0.1, 0.15) is 13.3 Å². The minimum Gasteiger partial charge on any atom is -0.325 e. The molecule has 1 heterocycles. The maximum atomic E-state index is 11.7. The summed E-state index contributed by atoms with van der Waals surface area (Å²) in [4.78, 5) is 16.3. The third-order valence-electron chi connectivity index (χ3n) is 3.10. The van der Waals surface area contributed by atoms with E-state index in [1.165, 1.54) is 0 Å². The van der Waals surface area contributed by atoms with Gasteiger partial charge < -0.3 is 5.32 Å². The summed E-state index contributed by atoms with van der Waals surface area (Å²) in [5, 5.41) is 4.38. The topological polar surface area (TPSA) is 42.0 Å². The van der Waals surface area contributed by atoms with Gasteiger partial charge in [0.05, 0.1) is 15.9 Å². The average Bonchev–Trinajstić information content (AvgIpc) is 2.92. The van der Waals surface area contributed by atoms with Crippen molar-refractivity contribution >= 4 is 44.7 Å². The smallest absolute Gasteiger partial charge is 0.224 e. The molecule has 1 aromatic heterocycles. The summed E-state index contributed by atoms with van der Waals surface area (Å²) in [6, 6.07) is 13.4. The number of anilines is 1. The molecule has 0 radical (unpaired) electrons. The van der Waals surface area contributed by atoms with Crippen LogP contribution in [-0.4, -0.2) is 10.9 Å². The van der Waals surface area contributed by atoms with E-state index >= 15 is 0 Å². The quantitative estimate of drug-likeness (QED) is 0.741. The fraction of sp³-hybridized carbons (Fsp3) is 0.125. The van der Waals surface area contributed by atoms with Crippen LogP contribution in [0.4, 0.5) is 5.69 Å². The number of hydrogen-bond donors (Lipinski definition) is 1. The normalized spacial score (nSPS) is 10.8. The number of fused-ring (bicyclic) bond motifs is 1. The van der Waals surface area contributed by atoms with Crippen molar-refractivity contribution in [1.29, 1.82) is 0 Å². The Balaban J connectivity index is 2.11. The van der Waals surface area contributed by atoms with E-state index in [0.29, 0.717) is 11.4 Å². The molecule has 0 aliphatic rings. The predicted octanol–water partition coefficient (Wildman–Crippen LogP) is 4.97. The van der Waals surface area contributed by atoms with Gasteiger partial charge in [-0.1, -0.05) is 30.7 Å². The molecule has 0 saturated heterocycles. The van der Waals surface area contributed by atoms with E-state index in [1.54, 1.807) is 17.4 Å². The van der Waals surface area contributed by atoms with E-state index in [9.17, 15) is 4.79 Å². The standard InChI is InChI=1S/C16H13ClN2OS/c1-2-15(20)18-12-8-7-10(17)9-11(12)16-19-13-5-3-4-6-14(13)21-16/h3-9H,2H2,1H3,(H,18,20). The Morgan fingerprint density at radius 1 is 1.29 bits per heavy atom. The lowest BCUT2D eigenvalue weighted by atomic mass is 10.2. The van der Waals surface area contributed by atoms with E-state index in [4.69, 9.17) is 11.6 Å². The second-order valence-corrected chi connectivity index (χ2v) is 6.05. The average molecular weight is 317 g/mol. The van der Waals surface area contributed by atoms with Gasteiger partial charge in [0.1, 0.15) is 5.01 Å². The van der Waals surface area contributed by atoms with Crippen LogP contribution in [0.25, 0.3) is 20.8 Å². The summed E-state index contributed by atoms with van der Waals surface area (Å²) in [6.45, 7) is 1.82. The van der Waals surface area contributed by atoms with Crippen molar-refractivity contribution in [2.75, 3.05) is 5.32 Å². The van der Waals surface area contributed by atoms with Crippen molar-refractivity contribution in [3.63, 3.8) is 0 Å². The zero-order valence-electron chi connectivity index (χ0n) is 11.4. The summed E-state index contributed by atoms with van der Waals surface area (Å²) < 4.78 is 1.11. The van der Waals surface area contributed by atoms with Gasteiger partial charge in [-0.3, -0.25) is 4.79 Å². The summed E-state index contributed by atoms with van der Waals surface area (Å²) in [5.74, 6) is -0.0281. The number of rotatable bonds is 3. The molecule has 3 aromatic rings. The predicted molar refractivity (Wildman–Crippen MR) is 89.0 cm³/mol. The highest BCUT2D eigenvalue weighted by Gasteiger charge is 2.12. The van der Waals surface area contributed by atoms with Crippen LogP contribution in [-0.2, 0) is 4.79 Å². The number of aromatic nitrogens is 1. The molecule has 21 heavy (non-hydrogen) atoms. The van der Waals surface area contributed by atoms with Crippen LogP contribution < -0.4 is 5.32 Å². The van der Waals surface area contributed by atoms with Gasteiger partial charge in [0.25, 0.3) is 0 Å². The van der Waals surface area contributed by atoms with Gasteiger partial charge in [0.2, 0.25) is 5.91 Å². The fourth-order valence-electron chi connectivity index (χ4n) is 2.03. The Hall–Kier alpha value is -1.91. The van der Waals surface area contributed by atoms with Crippen LogP contribution in [0, 0.1) is 0 Å². The number of thiazole rings is 1. The van der Waals surface area contributed by atoms with E-state index in [0.717, 1.165) is 26.5 Å². The first-order valence-electron chi connectivity index (χ1n) is 6.62. The highest BCUT2D eigenvalue weighted by molar-refractivity contribution is 7.21. The first-order valence-corrected chi connectivity index (χ1v) is 7.82. The lowest BCUT2D eigenvalue weighted by Gasteiger charge is -2.09. The van der Waals surface area contributed by atoms with Crippen molar-refractivity contribution in [3.05, 3.63) is 47.5 Å². The molecule has 1 amide bonds. The molecule has 3 nitrogen and oxygen atoms in total. The van der Waals surface area contributed by atoms with Crippen molar-refractivity contribution in [2.45, 2.75) is 13.3 Å². The van der Waals surface area contributed by atoms with Gasteiger partial charge in [-0.15, -0.1) is 11.3 Å². The second-order valence-electron chi connectivity index (χ2n) is 4.58. The van der Waals surface area contributed by atoms with Gasteiger partial charge in [0.15, 0.2) is 0 Å². The lowest BCUT2D eigenvalue weighted by Crippen LogP contribution is -2.10. The number of amides is 1. The van der Waals surface area contributed by atoms with Gasteiger partial charge in [-0.2, -0.15) is 0 Å². The van der Waals surface area contributed by atoms with E-state index in [2.05, 4.69) is 10.3 Å². The minimum absolute atomic E-state index is 0.0281. The number of nitrogens with one attached hydrogen (secondary N) is 1. The maximum absolute atomic E-state index is 11.7. The molecule has 0 spiro atoms. The first-order chi connectivity index (χ1) is 10.2. The van der Waals surface area contributed by atoms with Gasteiger partial charge in [-0.25, -0.2) is 4.98 Å². The zero-order chi connectivity index (χ0) is 14.8. The van der Waals surface area contributed by atoms with Crippen molar-refractivity contribution in [1.82, 2.24) is 4.98 Å². The molecule has 0 bridgehead atoms. The molecule has 2 aromatic carbocycles. The molecular weight excluding hydrogens is 304 g/mol.